The average Bonchev–Trinajstić information content (AvgIpc) is 2.42. The Balaban J connectivity index is 2.06. The Morgan fingerprint density at radius 1 is 1.24 bits per heavy atom. The smallest absolute Gasteiger partial charge is 0.0473 e. The van der Waals surface area contributed by atoms with Crippen molar-refractivity contribution in [3.8, 4) is 0 Å². The highest BCUT2D eigenvalue weighted by atomic mass is 32.2. The Labute approximate surface area is 109 Å². The van der Waals surface area contributed by atoms with Crippen LogP contribution in [0.3, 0.4) is 0 Å². The van der Waals surface area contributed by atoms with Crippen molar-refractivity contribution < 1.29 is 0 Å². The zero-order chi connectivity index (χ0) is 11.9. The summed E-state index contributed by atoms with van der Waals surface area (Å²) in [6, 6.07) is 11.4. The van der Waals surface area contributed by atoms with Gasteiger partial charge in [0.25, 0.3) is 0 Å². The average molecular weight is 250 g/mol. The second kappa shape index (κ2) is 7.04. The molecule has 0 radical (unpaired) electrons. The van der Waals surface area contributed by atoms with Gasteiger partial charge in [0.15, 0.2) is 0 Å². The van der Waals surface area contributed by atoms with Crippen molar-refractivity contribution in [3.05, 3.63) is 35.9 Å². The maximum absolute atomic E-state index is 3.50. The minimum absolute atomic E-state index is 0.539. The van der Waals surface area contributed by atoms with Crippen molar-refractivity contribution in [2.75, 3.05) is 37.7 Å². The fourth-order valence-electron chi connectivity index (χ4n) is 2.30. The molecule has 1 aromatic carbocycles. The molecule has 1 saturated heterocycles. The Hall–Kier alpha value is -0.510. The Morgan fingerprint density at radius 2 is 1.94 bits per heavy atom. The van der Waals surface area contributed by atoms with Gasteiger partial charge >= 0.3 is 0 Å². The lowest BCUT2D eigenvalue weighted by Gasteiger charge is -2.34. The molecule has 1 N–H and O–H groups in total. The van der Waals surface area contributed by atoms with E-state index < -0.39 is 0 Å². The van der Waals surface area contributed by atoms with Crippen molar-refractivity contribution in [3.63, 3.8) is 0 Å². The number of thioether (sulfide) groups is 1. The van der Waals surface area contributed by atoms with E-state index in [1.165, 1.54) is 30.2 Å². The van der Waals surface area contributed by atoms with Crippen LogP contribution in [0.25, 0.3) is 0 Å². The van der Waals surface area contributed by atoms with Gasteiger partial charge in [-0.05, 0) is 12.1 Å². The van der Waals surface area contributed by atoms with Crippen molar-refractivity contribution in [2.45, 2.75) is 13.0 Å². The summed E-state index contributed by atoms with van der Waals surface area (Å²) in [5.41, 5.74) is 1.44. The summed E-state index contributed by atoms with van der Waals surface area (Å²) in [6.07, 6.45) is 0. The topological polar surface area (TPSA) is 15.3 Å². The van der Waals surface area contributed by atoms with E-state index in [0.717, 1.165) is 13.1 Å². The summed E-state index contributed by atoms with van der Waals surface area (Å²) in [5.74, 6) is 2.55. The predicted molar refractivity (Wildman–Crippen MR) is 76.6 cm³/mol. The molecule has 2 rings (SSSR count). The van der Waals surface area contributed by atoms with Gasteiger partial charge in [0.1, 0.15) is 0 Å². The molecule has 0 spiro atoms. The van der Waals surface area contributed by atoms with E-state index in [1.54, 1.807) is 0 Å². The largest absolute Gasteiger partial charge is 0.315 e. The third kappa shape index (κ3) is 3.73. The number of nitrogens with zero attached hydrogens (tertiary/aromatic N) is 1. The molecule has 1 heterocycles. The summed E-state index contributed by atoms with van der Waals surface area (Å²) in [5, 5.41) is 3.50. The van der Waals surface area contributed by atoms with Crippen LogP contribution in [0, 0.1) is 0 Å². The summed E-state index contributed by atoms with van der Waals surface area (Å²) in [7, 11) is 0. The predicted octanol–water partition coefficient (Wildman–Crippen LogP) is 2.39. The number of benzene rings is 1. The van der Waals surface area contributed by atoms with Crippen molar-refractivity contribution >= 4 is 11.8 Å². The summed E-state index contributed by atoms with van der Waals surface area (Å²) >= 11 is 2.07. The first kappa shape index (κ1) is 12.9. The van der Waals surface area contributed by atoms with Crippen LogP contribution < -0.4 is 5.32 Å². The normalized spacial score (nSPS) is 19.1. The second-order valence-corrected chi connectivity index (χ2v) is 5.61. The van der Waals surface area contributed by atoms with E-state index in [-0.39, 0.29) is 0 Å². The van der Waals surface area contributed by atoms with E-state index in [2.05, 4.69) is 59.2 Å². The molecule has 2 nitrogen and oxygen atoms in total. The molecule has 1 atom stereocenters. The van der Waals surface area contributed by atoms with Gasteiger partial charge in [-0.2, -0.15) is 11.8 Å². The first-order valence-electron chi connectivity index (χ1n) is 6.49. The van der Waals surface area contributed by atoms with Gasteiger partial charge in [-0.3, -0.25) is 4.90 Å². The van der Waals surface area contributed by atoms with E-state index in [0.29, 0.717) is 6.04 Å². The minimum Gasteiger partial charge on any atom is -0.315 e. The quantitative estimate of drug-likeness (QED) is 0.864. The molecular formula is C14H22N2S. The highest BCUT2D eigenvalue weighted by Crippen LogP contribution is 2.23. The summed E-state index contributed by atoms with van der Waals surface area (Å²) in [4.78, 5) is 2.62. The first-order valence-corrected chi connectivity index (χ1v) is 7.64. The number of hydrogen-bond acceptors (Lipinski definition) is 3. The van der Waals surface area contributed by atoms with Gasteiger partial charge in [-0.25, -0.2) is 0 Å². The molecule has 94 valence electrons. The van der Waals surface area contributed by atoms with Crippen molar-refractivity contribution in [1.29, 1.82) is 0 Å². The monoisotopic (exact) mass is 250 g/mol. The number of hydrogen-bond donors (Lipinski definition) is 1. The van der Waals surface area contributed by atoms with Crippen LogP contribution in [0.5, 0.6) is 0 Å². The maximum Gasteiger partial charge on any atom is 0.0473 e. The molecular weight excluding hydrogens is 228 g/mol. The standard InChI is InChI=1S/C14H22N2S/c1-2-15-12-14(13-6-4-3-5-7-13)16-8-10-17-11-9-16/h3-7,14-15H,2,8-12H2,1H3. The molecule has 17 heavy (non-hydrogen) atoms. The molecule has 0 bridgehead atoms. The fraction of sp³-hybridized carbons (Fsp3) is 0.571. The molecule has 0 aliphatic carbocycles. The third-order valence-electron chi connectivity index (χ3n) is 3.26. The maximum atomic E-state index is 3.50. The minimum atomic E-state index is 0.539. The van der Waals surface area contributed by atoms with Gasteiger partial charge in [-0.15, -0.1) is 0 Å². The SMILES string of the molecule is CCNCC(c1ccccc1)N1CCSCC1. The molecule has 1 unspecified atom stereocenters. The Kier molecular flexibility index (Phi) is 5.36. The van der Waals surface area contributed by atoms with Gasteiger partial charge in [0, 0.05) is 37.2 Å². The molecule has 1 aliphatic heterocycles. The van der Waals surface area contributed by atoms with E-state index >= 15 is 0 Å². The lowest BCUT2D eigenvalue weighted by atomic mass is 10.1. The van der Waals surface area contributed by atoms with Gasteiger partial charge in [0.05, 0.1) is 0 Å². The first-order chi connectivity index (χ1) is 8.42. The molecule has 0 saturated carbocycles. The Bertz CT molecular complexity index is 309. The highest BCUT2D eigenvalue weighted by Gasteiger charge is 2.21. The van der Waals surface area contributed by atoms with Gasteiger partial charge in [0.2, 0.25) is 0 Å². The van der Waals surface area contributed by atoms with Crippen LogP contribution in [-0.4, -0.2) is 42.6 Å². The van der Waals surface area contributed by atoms with Crippen LogP contribution in [0.15, 0.2) is 30.3 Å². The molecule has 0 amide bonds. The zero-order valence-corrected chi connectivity index (χ0v) is 11.4. The van der Waals surface area contributed by atoms with Crippen LogP contribution >= 0.6 is 11.8 Å². The van der Waals surface area contributed by atoms with Crippen molar-refractivity contribution in [2.24, 2.45) is 0 Å². The third-order valence-corrected chi connectivity index (χ3v) is 4.20. The highest BCUT2D eigenvalue weighted by molar-refractivity contribution is 7.99. The van der Waals surface area contributed by atoms with Crippen LogP contribution in [0.1, 0.15) is 18.5 Å². The molecule has 3 heteroatoms. The summed E-state index contributed by atoms with van der Waals surface area (Å²) < 4.78 is 0. The van der Waals surface area contributed by atoms with E-state index in [9.17, 15) is 0 Å². The number of likely N-dealkylation sites (N-methyl/N-ethyl adjacent to an activating group) is 1. The second-order valence-electron chi connectivity index (χ2n) is 4.38. The fourth-order valence-corrected chi connectivity index (χ4v) is 3.23. The van der Waals surface area contributed by atoms with Gasteiger partial charge in [-0.1, -0.05) is 37.3 Å². The van der Waals surface area contributed by atoms with Crippen LogP contribution in [0.2, 0.25) is 0 Å². The molecule has 1 aliphatic rings. The van der Waals surface area contributed by atoms with Crippen LogP contribution in [0.4, 0.5) is 0 Å². The molecule has 1 fully saturated rings. The summed E-state index contributed by atoms with van der Waals surface area (Å²) in [6.45, 7) is 6.72. The zero-order valence-electron chi connectivity index (χ0n) is 10.6. The van der Waals surface area contributed by atoms with Gasteiger partial charge < -0.3 is 5.32 Å². The number of nitrogens with one attached hydrogen (secondary N) is 1. The molecule has 1 aromatic rings. The Morgan fingerprint density at radius 3 is 2.59 bits per heavy atom. The lowest BCUT2D eigenvalue weighted by Crippen LogP contribution is -2.40. The van der Waals surface area contributed by atoms with E-state index in [1.807, 2.05) is 0 Å². The van der Waals surface area contributed by atoms with Crippen molar-refractivity contribution in [1.82, 2.24) is 10.2 Å². The number of rotatable bonds is 5. The van der Waals surface area contributed by atoms with E-state index in [4.69, 9.17) is 0 Å². The van der Waals surface area contributed by atoms with Crippen LogP contribution in [-0.2, 0) is 0 Å². The molecule has 0 aromatic heterocycles. The lowest BCUT2D eigenvalue weighted by molar-refractivity contribution is 0.213.